The van der Waals surface area contributed by atoms with Crippen LogP contribution in [0, 0.1) is 0 Å². The van der Waals surface area contributed by atoms with Crippen LogP contribution >= 0.6 is 0 Å². The molecule has 5 rings (SSSR count). The standard InChI is InChI=1S/C21H14N2O2/c24-20-16-10-8-14-6-7-15-9-11-17(19(16)18(14)15)21(25)23(20)22-12-13-4-2-1-3-5-13/h1-5,8-12H,6-7H2/b22-12-. The van der Waals surface area contributed by atoms with E-state index in [2.05, 4.69) is 5.10 Å². The fourth-order valence-corrected chi connectivity index (χ4v) is 3.77. The van der Waals surface area contributed by atoms with Gasteiger partial charge in [0.25, 0.3) is 11.8 Å². The smallest absolute Gasteiger partial charge is 0.267 e. The fourth-order valence-electron chi connectivity index (χ4n) is 3.77. The van der Waals surface area contributed by atoms with E-state index < -0.39 is 0 Å². The van der Waals surface area contributed by atoms with Crippen LogP contribution < -0.4 is 0 Å². The van der Waals surface area contributed by atoms with Crippen LogP contribution in [0.1, 0.15) is 37.4 Å². The summed E-state index contributed by atoms with van der Waals surface area (Å²) in [6, 6.07) is 17.1. The molecule has 0 saturated heterocycles. The van der Waals surface area contributed by atoms with Crippen LogP contribution in [0.3, 0.4) is 0 Å². The van der Waals surface area contributed by atoms with Gasteiger partial charge in [0.2, 0.25) is 0 Å². The van der Waals surface area contributed by atoms with Crippen molar-refractivity contribution in [1.29, 1.82) is 0 Å². The Balaban J connectivity index is 1.66. The SMILES string of the molecule is O=C1c2ccc3c4c(ccc(c24)C(=O)N1/N=C\c1ccccc1)CC3. The van der Waals surface area contributed by atoms with Crippen molar-refractivity contribution in [2.24, 2.45) is 5.10 Å². The molecule has 0 spiro atoms. The number of imide groups is 1. The average Bonchev–Trinajstić information content (AvgIpc) is 3.07. The number of rotatable bonds is 2. The monoisotopic (exact) mass is 326 g/mol. The van der Waals surface area contributed by atoms with E-state index in [1.165, 1.54) is 11.1 Å². The second kappa shape index (κ2) is 5.11. The van der Waals surface area contributed by atoms with Crippen LogP contribution in [0.2, 0.25) is 0 Å². The molecule has 3 aromatic rings. The van der Waals surface area contributed by atoms with E-state index in [0.717, 1.165) is 34.2 Å². The van der Waals surface area contributed by atoms with Crippen molar-refractivity contribution in [2.75, 3.05) is 0 Å². The Morgan fingerprint density at radius 1 is 0.760 bits per heavy atom. The third-order valence-electron chi connectivity index (χ3n) is 4.96. The summed E-state index contributed by atoms with van der Waals surface area (Å²) in [5.74, 6) is -0.722. The fraction of sp³-hybridized carbons (Fsp3) is 0.0952. The van der Waals surface area contributed by atoms with Gasteiger partial charge in [-0.15, -0.1) is 0 Å². The first-order valence-corrected chi connectivity index (χ1v) is 8.29. The quantitative estimate of drug-likeness (QED) is 0.534. The highest BCUT2D eigenvalue weighted by atomic mass is 16.2. The summed E-state index contributed by atoms with van der Waals surface area (Å²) in [7, 11) is 0. The van der Waals surface area contributed by atoms with Crippen LogP contribution in [0.25, 0.3) is 10.8 Å². The van der Waals surface area contributed by atoms with Crippen molar-refractivity contribution in [2.45, 2.75) is 12.8 Å². The molecule has 2 amide bonds. The summed E-state index contributed by atoms with van der Waals surface area (Å²) in [6.45, 7) is 0. The third-order valence-corrected chi connectivity index (χ3v) is 4.96. The largest absolute Gasteiger partial charge is 0.282 e. The highest BCUT2D eigenvalue weighted by Crippen LogP contribution is 2.38. The molecular weight excluding hydrogens is 312 g/mol. The van der Waals surface area contributed by atoms with E-state index in [-0.39, 0.29) is 11.8 Å². The van der Waals surface area contributed by atoms with Gasteiger partial charge in [0, 0.05) is 5.39 Å². The molecule has 0 atom stereocenters. The predicted octanol–water partition coefficient (Wildman–Crippen LogP) is 3.57. The minimum atomic E-state index is -0.361. The molecule has 1 aliphatic heterocycles. The van der Waals surface area contributed by atoms with Crippen molar-refractivity contribution in [3.8, 4) is 0 Å². The van der Waals surface area contributed by atoms with Crippen molar-refractivity contribution in [3.05, 3.63) is 82.4 Å². The summed E-state index contributed by atoms with van der Waals surface area (Å²) in [5, 5.41) is 7.03. The van der Waals surface area contributed by atoms with Crippen LogP contribution in [-0.2, 0) is 12.8 Å². The Labute approximate surface area is 144 Å². The molecule has 1 heterocycles. The lowest BCUT2D eigenvalue weighted by molar-refractivity contribution is 0.0616. The minimum Gasteiger partial charge on any atom is -0.267 e. The van der Waals surface area contributed by atoms with Crippen LogP contribution in [-0.4, -0.2) is 23.0 Å². The van der Waals surface area contributed by atoms with Crippen molar-refractivity contribution in [3.63, 3.8) is 0 Å². The van der Waals surface area contributed by atoms with E-state index in [4.69, 9.17) is 0 Å². The molecule has 0 saturated carbocycles. The molecule has 0 N–H and O–H groups in total. The zero-order valence-corrected chi connectivity index (χ0v) is 13.4. The van der Waals surface area contributed by atoms with E-state index in [0.29, 0.717) is 11.1 Å². The minimum absolute atomic E-state index is 0.361. The molecular formula is C21H14N2O2. The lowest BCUT2D eigenvalue weighted by Crippen LogP contribution is -2.36. The van der Waals surface area contributed by atoms with Gasteiger partial charge in [-0.1, -0.05) is 42.5 Å². The molecule has 2 aliphatic rings. The van der Waals surface area contributed by atoms with Gasteiger partial charge >= 0.3 is 0 Å². The first-order chi connectivity index (χ1) is 12.2. The molecule has 3 aromatic carbocycles. The lowest BCUT2D eigenvalue weighted by atomic mass is 9.92. The number of carbonyl (C=O) groups is 2. The number of amides is 2. The second-order valence-electron chi connectivity index (χ2n) is 6.37. The summed E-state index contributed by atoms with van der Waals surface area (Å²) >= 11 is 0. The van der Waals surface area contributed by atoms with Crippen LogP contribution in [0.5, 0.6) is 0 Å². The number of nitrogens with zero attached hydrogens (tertiary/aromatic N) is 2. The Hall–Kier alpha value is -3.27. The zero-order chi connectivity index (χ0) is 17.0. The van der Waals surface area contributed by atoms with E-state index in [1.807, 2.05) is 54.6 Å². The van der Waals surface area contributed by atoms with Gasteiger partial charge in [0.15, 0.2) is 0 Å². The highest BCUT2D eigenvalue weighted by Gasteiger charge is 2.34. The summed E-state index contributed by atoms with van der Waals surface area (Å²) in [6.07, 6.45) is 3.47. The number of carbonyl (C=O) groups excluding carboxylic acids is 2. The predicted molar refractivity (Wildman–Crippen MR) is 95.9 cm³/mol. The van der Waals surface area contributed by atoms with Crippen molar-refractivity contribution in [1.82, 2.24) is 5.01 Å². The molecule has 0 unspecified atom stereocenters. The Kier molecular flexibility index (Phi) is 2.88. The number of benzene rings is 3. The lowest BCUT2D eigenvalue weighted by Gasteiger charge is -2.23. The first kappa shape index (κ1) is 14.1. The molecule has 120 valence electrons. The molecule has 4 nitrogen and oxygen atoms in total. The van der Waals surface area contributed by atoms with E-state index in [9.17, 15) is 9.59 Å². The van der Waals surface area contributed by atoms with E-state index in [1.54, 1.807) is 6.21 Å². The maximum absolute atomic E-state index is 12.9. The number of aryl methyl sites for hydroxylation is 2. The van der Waals surface area contributed by atoms with Gasteiger partial charge < -0.3 is 0 Å². The summed E-state index contributed by atoms with van der Waals surface area (Å²) < 4.78 is 0. The molecule has 0 fully saturated rings. The molecule has 1 aliphatic carbocycles. The maximum atomic E-state index is 12.9. The van der Waals surface area contributed by atoms with Gasteiger partial charge in [0.1, 0.15) is 0 Å². The van der Waals surface area contributed by atoms with Crippen LogP contribution in [0.15, 0.2) is 59.7 Å². The summed E-state index contributed by atoms with van der Waals surface area (Å²) in [5.41, 5.74) is 4.39. The van der Waals surface area contributed by atoms with Gasteiger partial charge in [-0.2, -0.15) is 10.1 Å². The zero-order valence-electron chi connectivity index (χ0n) is 13.4. The number of hydrazone groups is 1. The number of hydrogen-bond acceptors (Lipinski definition) is 3. The Bertz CT molecular complexity index is 1030. The highest BCUT2D eigenvalue weighted by molar-refractivity contribution is 6.26. The second-order valence-corrected chi connectivity index (χ2v) is 6.37. The first-order valence-electron chi connectivity index (χ1n) is 8.29. The number of hydrogen-bond donors (Lipinski definition) is 0. The van der Waals surface area contributed by atoms with Gasteiger partial charge in [-0.25, -0.2) is 0 Å². The molecule has 0 aromatic heterocycles. The van der Waals surface area contributed by atoms with Gasteiger partial charge in [-0.3, -0.25) is 9.59 Å². The van der Waals surface area contributed by atoms with Crippen molar-refractivity contribution >= 4 is 28.8 Å². The third kappa shape index (κ3) is 1.97. The topological polar surface area (TPSA) is 49.7 Å². The average molecular weight is 326 g/mol. The molecule has 0 radical (unpaired) electrons. The van der Waals surface area contributed by atoms with Gasteiger partial charge in [0.05, 0.1) is 17.3 Å². The summed E-state index contributed by atoms with van der Waals surface area (Å²) in [4.78, 5) is 25.7. The normalized spacial score (nSPS) is 15.6. The Morgan fingerprint density at radius 2 is 1.36 bits per heavy atom. The molecule has 4 heteroatoms. The van der Waals surface area contributed by atoms with Crippen molar-refractivity contribution < 1.29 is 9.59 Å². The van der Waals surface area contributed by atoms with Crippen LogP contribution in [0.4, 0.5) is 0 Å². The maximum Gasteiger partial charge on any atom is 0.282 e. The van der Waals surface area contributed by atoms with E-state index >= 15 is 0 Å². The Morgan fingerprint density at radius 3 is 1.96 bits per heavy atom. The molecule has 25 heavy (non-hydrogen) atoms. The van der Waals surface area contributed by atoms with Gasteiger partial charge in [-0.05, 0) is 47.1 Å². The molecule has 0 bridgehead atoms.